The van der Waals surface area contributed by atoms with Crippen LogP contribution in [0, 0.1) is 0 Å². The molecule has 64 valence electrons. The molecule has 2 nitrogen and oxygen atoms in total. The van der Waals surface area contributed by atoms with Gasteiger partial charge in [-0.05, 0) is 25.3 Å². The summed E-state index contributed by atoms with van der Waals surface area (Å²) in [5.74, 6) is 0. The van der Waals surface area contributed by atoms with Gasteiger partial charge in [-0.15, -0.1) is 0 Å². The molecule has 0 aromatic carbocycles. The second-order valence-electron chi connectivity index (χ2n) is 3.11. The second kappa shape index (κ2) is 4.39. The highest BCUT2D eigenvalue weighted by molar-refractivity contribution is 5.14. The predicted molar refractivity (Wildman–Crippen MR) is 48.2 cm³/mol. The van der Waals surface area contributed by atoms with Crippen molar-refractivity contribution in [1.29, 1.82) is 0 Å². The average Bonchev–Trinajstić information content (AvgIpc) is 2.03. The topological polar surface area (TPSA) is 24.1 Å². The van der Waals surface area contributed by atoms with Crippen molar-refractivity contribution < 1.29 is 0 Å². The molecule has 0 spiro atoms. The van der Waals surface area contributed by atoms with Crippen LogP contribution in [0.5, 0.6) is 0 Å². The minimum Gasteiger partial charge on any atom is -0.376 e. The fourth-order valence-electron chi connectivity index (χ4n) is 1.33. The molecule has 0 saturated carbocycles. The molecule has 1 aliphatic heterocycles. The van der Waals surface area contributed by atoms with Crippen molar-refractivity contribution in [2.75, 3.05) is 13.2 Å². The van der Waals surface area contributed by atoms with E-state index in [0.29, 0.717) is 0 Å². The lowest BCUT2D eigenvalue weighted by Crippen LogP contribution is -2.35. The molecule has 0 fully saturated rings. The van der Waals surface area contributed by atoms with Gasteiger partial charge in [0.2, 0.25) is 0 Å². The van der Waals surface area contributed by atoms with Crippen molar-refractivity contribution in [2.24, 2.45) is 0 Å². The maximum atomic E-state index is 3.31. The Labute approximate surface area is 69.1 Å². The fraction of sp³-hybridized carbons (Fsp3) is 0.778. The average molecular weight is 154 g/mol. The van der Waals surface area contributed by atoms with Gasteiger partial charge in [0.25, 0.3) is 0 Å². The Morgan fingerprint density at radius 1 is 1.45 bits per heavy atom. The Hall–Kier alpha value is -0.500. The molecule has 0 aliphatic carbocycles. The third-order valence-electron chi connectivity index (χ3n) is 2.18. The summed E-state index contributed by atoms with van der Waals surface area (Å²) >= 11 is 0. The van der Waals surface area contributed by atoms with Crippen molar-refractivity contribution >= 4 is 0 Å². The molecule has 0 radical (unpaired) electrons. The molecule has 1 aliphatic rings. The van der Waals surface area contributed by atoms with E-state index >= 15 is 0 Å². The van der Waals surface area contributed by atoms with E-state index in [0.717, 1.165) is 13.2 Å². The SMILES string of the molecule is CCCCC1=C(C)NCNC1. The van der Waals surface area contributed by atoms with Gasteiger partial charge in [-0.3, -0.25) is 5.32 Å². The molecule has 0 unspecified atom stereocenters. The monoisotopic (exact) mass is 154 g/mol. The Morgan fingerprint density at radius 3 is 2.91 bits per heavy atom. The zero-order valence-corrected chi connectivity index (χ0v) is 7.54. The van der Waals surface area contributed by atoms with Crippen molar-refractivity contribution in [3.05, 3.63) is 11.3 Å². The fourth-order valence-corrected chi connectivity index (χ4v) is 1.33. The molecule has 1 heterocycles. The van der Waals surface area contributed by atoms with Crippen LogP contribution in [0.25, 0.3) is 0 Å². The number of allylic oxidation sites excluding steroid dienone is 1. The Balaban J connectivity index is 2.39. The molecule has 11 heavy (non-hydrogen) atoms. The minimum atomic E-state index is 0.932. The van der Waals surface area contributed by atoms with E-state index in [9.17, 15) is 0 Å². The molecule has 0 bridgehead atoms. The Morgan fingerprint density at radius 2 is 2.27 bits per heavy atom. The standard InChI is InChI=1S/C9H18N2/c1-3-4-5-9-6-10-7-11-8(9)2/h10-11H,3-7H2,1-2H3. The largest absolute Gasteiger partial charge is 0.376 e. The summed E-state index contributed by atoms with van der Waals surface area (Å²) in [4.78, 5) is 0. The highest BCUT2D eigenvalue weighted by Gasteiger charge is 2.05. The first kappa shape index (κ1) is 8.60. The zero-order chi connectivity index (χ0) is 8.10. The molecule has 0 atom stereocenters. The van der Waals surface area contributed by atoms with Gasteiger partial charge in [0, 0.05) is 12.2 Å². The van der Waals surface area contributed by atoms with Crippen LogP contribution < -0.4 is 10.6 Å². The Kier molecular flexibility index (Phi) is 3.43. The predicted octanol–water partition coefficient (Wildman–Crippen LogP) is 1.60. The third kappa shape index (κ3) is 2.54. The van der Waals surface area contributed by atoms with E-state index in [-0.39, 0.29) is 0 Å². The molecular formula is C9H18N2. The summed E-state index contributed by atoms with van der Waals surface area (Å²) in [5.41, 5.74) is 2.94. The highest BCUT2D eigenvalue weighted by Crippen LogP contribution is 2.11. The maximum absolute atomic E-state index is 3.31. The lowest BCUT2D eigenvalue weighted by Gasteiger charge is -2.20. The summed E-state index contributed by atoms with van der Waals surface area (Å²) < 4.78 is 0. The second-order valence-corrected chi connectivity index (χ2v) is 3.11. The summed E-state index contributed by atoms with van der Waals surface area (Å²) in [5, 5.41) is 6.61. The lowest BCUT2D eigenvalue weighted by atomic mass is 10.1. The van der Waals surface area contributed by atoms with E-state index in [1.165, 1.54) is 25.0 Å². The molecule has 2 N–H and O–H groups in total. The first-order valence-electron chi connectivity index (χ1n) is 4.47. The number of hydrogen-bond donors (Lipinski definition) is 2. The zero-order valence-electron chi connectivity index (χ0n) is 7.54. The van der Waals surface area contributed by atoms with Crippen LogP contribution in [0.1, 0.15) is 33.1 Å². The molecular weight excluding hydrogens is 136 g/mol. The van der Waals surface area contributed by atoms with Crippen LogP contribution in [0.4, 0.5) is 0 Å². The van der Waals surface area contributed by atoms with Crippen molar-refractivity contribution in [3.63, 3.8) is 0 Å². The van der Waals surface area contributed by atoms with Crippen LogP contribution in [-0.4, -0.2) is 13.2 Å². The first-order valence-corrected chi connectivity index (χ1v) is 4.47. The van der Waals surface area contributed by atoms with Crippen LogP contribution >= 0.6 is 0 Å². The lowest BCUT2D eigenvalue weighted by molar-refractivity contribution is 0.590. The van der Waals surface area contributed by atoms with Crippen LogP contribution in [0.2, 0.25) is 0 Å². The summed E-state index contributed by atoms with van der Waals surface area (Å²) in [6, 6.07) is 0. The van der Waals surface area contributed by atoms with Crippen molar-refractivity contribution in [1.82, 2.24) is 10.6 Å². The Bertz CT molecular complexity index is 150. The normalized spacial score (nSPS) is 18.4. The van der Waals surface area contributed by atoms with E-state index < -0.39 is 0 Å². The van der Waals surface area contributed by atoms with Crippen LogP contribution in [-0.2, 0) is 0 Å². The van der Waals surface area contributed by atoms with Gasteiger partial charge >= 0.3 is 0 Å². The molecule has 0 saturated heterocycles. The number of unbranched alkanes of at least 4 members (excludes halogenated alkanes) is 1. The van der Waals surface area contributed by atoms with Gasteiger partial charge < -0.3 is 5.32 Å². The van der Waals surface area contributed by atoms with Gasteiger partial charge in [0.1, 0.15) is 0 Å². The van der Waals surface area contributed by atoms with Gasteiger partial charge in [-0.1, -0.05) is 13.3 Å². The minimum absolute atomic E-state index is 0.932. The summed E-state index contributed by atoms with van der Waals surface area (Å²) in [6.07, 6.45) is 3.86. The number of nitrogens with one attached hydrogen (secondary N) is 2. The van der Waals surface area contributed by atoms with Crippen LogP contribution in [0.3, 0.4) is 0 Å². The molecule has 0 aromatic rings. The van der Waals surface area contributed by atoms with Gasteiger partial charge in [0.15, 0.2) is 0 Å². The first-order chi connectivity index (χ1) is 5.34. The van der Waals surface area contributed by atoms with E-state index in [2.05, 4.69) is 24.5 Å². The highest BCUT2D eigenvalue weighted by atomic mass is 15.1. The van der Waals surface area contributed by atoms with Gasteiger partial charge in [-0.25, -0.2) is 0 Å². The smallest absolute Gasteiger partial charge is 0.0652 e. The van der Waals surface area contributed by atoms with E-state index in [1.807, 2.05) is 0 Å². The molecule has 0 amide bonds. The molecule has 1 rings (SSSR count). The van der Waals surface area contributed by atoms with Gasteiger partial charge in [0.05, 0.1) is 6.67 Å². The summed E-state index contributed by atoms with van der Waals surface area (Å²) in [7, 11) is 0. The van der Waals surface area contributed by atoms with Gasteiger partial charge in [-0.2, -0.15) is 0 Å². The van der Waals surface area contributed by atoms with E-state index in [1.54, 1.807) is 5.57 Å². The van der Waals surface area contributed by atoms with Crippen molar-refractivity contribution in [3.8, 4) is 0 Å². The quantitative estimate of drug-likeness (QED) is 0.645. The number of hydrogen-bond acceptors (Lipinski definition) is 2. The van der Waals surface area contributed by atoms with Crippen LogP contribution in [0.15, 0.2) is 11.3 Å². The maximum Gasteiger partial charge on any atom is 0.0652 e. The number of rotatable bonds is 3. The van der Waals surface area contributed by atoms with E-state index in [4.69, 9.17) is 0 Å². The summed E-state index contributed by atoms with van der Waals surface area (Å²) in [6.45, 7) is 6.42. The van der Waals surface area contributed by atoms with Crippen molar-refractivity contribution in [2.45, 2.75) is 33.1 Å². The molecule has 2 heteroatoms. The third-order valence-corrected chi connectivity index (χ3v) is 2.18. The molecule has 0 aromatic heterocycles.